The molecule has 1 fully saturated rings. The van der Waals surface area contributed by atoms with Gasteiger partial charge in [-0.15, -0.1) is 0 Å². The molecule has 1 aliphatic heterocycles. The molecule has 0 aliphatic carbocycles. The minimum Gasteiger partial charge on any atom is -0.356 e. The molecule has 0 spiro atoms. The van der Waals surface area contributed by atoms with Crippen LogP contribution < -0.4 is 0 Å². The molecule has 3 rings (SSSR count). The lowest BCUT2D eigenvalue weighted by atomic mass is 9.87. The summed E-state index contributed by atoms with van der Waals surface area (Å²) in [6, 6.07) is 12.3. The number of rotatable bonds is 5. The molecule has 2 heterocycles. The van der Waals surface area contributed by atoms with Crippen molar-refractivity contribution in [1.82, 2.24) is 9.88 Å². The second-order valence-corrected chi connectivity index (χ2v) is 6.49. The van der Waals surface area contributed by atoms with Gasteiger partial charge < -0.3 is 9.88 Å². The molecule has 2 aromatic rings. The summed E-state index contributed by atoms with van der Waals surface area (Å²) in [7, 11) is 0. The number of hydrogen-bond acceptors (Lipinski definition) is 2. The van der Waals surface area contributed by atoms with Gasteiger partial charge >= 0.3 is 0 Å². The van der Waals surface area contributed by atoms with E-state index in [9.17, 15) is 9.59 Å². The Kier molecular flexibility index (Phi) is 4.84. The van der Waals surface area contributed by atoms with E-state index in [0.29, 0.717) is 17.2 Å². The van der Waals surface area contributed by atoms with Gasteiger partial charge in [-0.2, -0.15) is 0 Å². The smallest absolute Gasteiger partial charge is 0.270 e. The van der Waals surface area contributed by atoms with Gasteiger partial charge in [-0.25, -0.2) is 0 Å². The maximum absolute atomic E-state index is 12.9. The normalized spacial score (nSPS) is 18.6. The fourth-order valence-corrected chi connectivity index (χ4v) is 3.77. The van der Waals surface area contributed by atoms with Crippen LogP contribution in [-0.2, 0) is 0 Å². The van der Waals surface area contributed by atoms with Crippen LogP contribution in [0.15, 0.2) is 42.6 Å². The van der Waals surface area contributed by atoms with E-state index in [2.05, 4.69) is 36.2 Å². The van der Waals surface area contributed by atoms with Crippen LogP contribution >= 0.6 is 0 Å². The van der Waals surface area contributed by atoms with Gasteiger partial charge in [0.25, 0.3) is 5.91 Å². The number of carbonyl (C=O) groups excluding carboxylic acids is 2. The molecule has 4 nitrogen and oxygen atoms in total. The Morgan fingerprint density at radius 1 is 1.29 bits per heavy atom. The van der Waals surface area contributed by atoms with Crippen molar-refractivity contribution in [1.29, 1.82) is 0 Å². The highest BCUT2D eigenvalue weighted by Crippen LogP contribution is 2.34. The van der Waals surface area contributed by atoms with Crippen molar-refractivity contribution < 1.29 is 9.59 Å². The molecule has 1 aromatic heterocycles. The zero-order chi connectivity index (χ0) is 17.1. The van der Waals surface area contributed by atoms with Crippen LogP contribution in [0.1, 0.15) is 65.4 Å². The topological polar surface area (TPSA) is 53.2 Å². The number of benzene rings is 1. The largest absolute Gasteiger partial charge is 0.356 e. The van der Waals surface area contributed by atoms with Crippen molar-refractivity contribution in [3.05, 3.63) is 59.4 Å². The highest BCUT2D eigenvalue weighted by atomic mass is 16.2. The predicted molar refractivity (Wildman–Crippen MR) is 94.3 cm³/mol. The molecule has 1 amide bonds. The average molecular weight is 324 g/mol. The molecule has 0 bridgehead atoms. The Morgan fingerprint density at radius 3 is 2.67 bits per heavy atom. The third-order valence-electron chi connectivity index (χ3n) is 5.01. The maximum Gasteiger partial charge on any atom is 0.270 e. The molecule has 1 N–H and O–H groups in total. The Balaban J connectivity index is 1.83. The first-order valence-corrected chi connectivity index (χ1v) is 8.67. The monoisotopic (exact) mass is 324 g/mol. The first-order chi connectivity index (χ1) is 11.6. The highest BCUT2D eigenvalue weighted by molar-refractivity contribution is 5.99. The zero-order valence-electron chi connectivity index (χ0n) is 14.3. The fraction of sp³-hybridized carbons (Fsp3) is 0.400. The third kappa shape index (κ3) is 3.14. The lowest BCUT2D eigenvalue weighted by Gasteiger charge is -2.31. The van der Waals surface area contributed by atoms with Gasteiger partial charge in [0.1, 0.15) is 5.69 Å². The number of aromatic amines is 1. The summed E-state index contributed by atoms with van der Waals surface area (Å²) in [6.07, 6.45) is 4.68. The molecule has 0 saturated carbocycles. The minimum absolute atomic E-state index is 0.000573. The van der Waals surface area contributed by atoms with Crippen LogP contribution in [0.2, 0.25) is 0 Å². The fourth-order valence-electron chi connectivity index (χ4n) is 3.77. The van der Waals surface area contributed by atoms with Crippen LogP contribution in [0.3, 0.4) is 0 Å². The third-order valence-corrected chi connectivity index (χ3v) is 5.01. The van der Waals surface area contributed by atoms with Crippen LogP contribution in [0.5, 0.6) is 0 Å². The summed E-state index contributed by atoms with van der Waals surface area (Å²) in [6.45, 7) is 4.47. The van der Waals surface area contributed by atoms with E-state index < -0.39 is 0 Å². The first kappa shape index (κ1) is 16.5. The van der Waals surface area contributed by atoms with Crippen molar-refractivity contribution >= 4 is 11.7 Å². The van der Waals surface area contributed by atoms with Crippen LogP contribution in [0.25, 0.3) is 0 Å². The van der Waals surface area contributed by atoms with E-state index in [1.54, 1.807) is 12.3 Å². The lowest BCUT2D eigenvalue weighted by Crippen LogP contribution is -2.39. The number of nitrogens with one attached hydrogen (secondary N) is 1. The van der Waals surface area contributed by atoms with E-state index in [4.69, 9.17) is 0 Å². The molecular formula is C20H24N2O2. The zero-order valence-corrected chi connectivity index (χ0v) is 14.3. The second-order valence-electron chi connectivity index (χ2n) is 6.49. The number of ketones is 1. The number of likely N-dealkylation sites (tertiary alicyclic amines) is 1. The standard InChI is InChI=1S/C20H24N2O2/c1-3-17(15-8-5-4-6-9-15)19-10-7-11-22(19)20(24)18-12-16(13-21-18)14(2)23/h4-6,8-9,12-13,17,19,21H,3,7,10-11H2,1-2H3/t17-,19-/m1/s1. The van der Waals surface area contributed by atoms with Gasteiger partial charge in [-0.1, -0.05) is 37.3 Å². The number of hydrogen-bond donors (Lipinski definition) is 1. The summed E-state index contributed by atoms with van der Waals surface area (Å²) in [5, 5.41) is 0. The quantitative estimate of drug-likeness (QED) is 0.845. The van der Waals surface area contributed by atoms with Gasteiger partial charge in [-0.3, -0.25) is 9.59 Å². The summed E-state index contributed by atoms with van der Waals surface area (Å²) in [4.78, 5) is 29.3. The number of Topliss-reactive ketones (excluding diaryl/α,β-unsaturated/α-hetero) is 1. The maximum atomic E-state index is 12.9. The molecule has 1 saturated heterocycles. The van der Waals surface area contributed by atoms with Crippen molar-refractivity contribution in [3.8, 4) is 0 Å². The minimum atomic E-state index is -0.0287. The van der Waals surface area contributed by atoms with Gasteiger partial charge in [0.15, 0.2) is 5.78 Å². The predicted octanol–water partition coefficient (Wildman–Crippen LogP) is 4.02. The molecule has 2 atom stereocenters. The van der Waals surface area contributed by atoms with Crippen molar-refractivity contribution in [2.45, 2.75) is 45.1 Å². The number of carbonyl (C=O) groups is 2. The van der Waals surface area contributed by atoms with E-state index >= 15 is 0 Å². The molecule has 126 valence electrons. The second kappa shape index (κ2) is 7.04. The molecule has 24 heavy (non-hydrogen) atoms. The van der Waals surface area contributed by atoms with E-state index in [1.165, 1.54) is 12.5 Å². The Hall–Kier alpha value is -2.36. The molecule has 0 radical (unpaired) electrons. The van der Waals surface area contributed by atoms with Gasteiger partial charge in [-0.05, 0) is 37.8 Å². The summed E-state index contributed by atoms with van der Waals surface area (Å²) >= 11 is 0. The van der Waals surface area contributed by atoms with Gasteiger partial charge in [0.05, 0.1) is 0 Å². The Labute approximate surface area is 142 Å². The average Bonchev–Trinajstić information content (AvgIpc) is 3.26. The van der Waals surface area contributed by atoms with Gasteiger partial charge in [0, 0.05) is 30.3 Å². The summed E-state index contributed by atoms with van der Waals surface area (Å²) in [5.74, 6) is 0.318. The van der Waals surface area contributed by atoms with Crippen molar-refractivity contribution in [2.24, 2.45) is 0 Å². The van der Waals surface area contributed by atoms with E-state index in [-0.39, 0.29) is 17.7 Å². The van der Waals surface area contributed by atoms with Crippen LogP contribution in [0, 0.1) is 0 Å². The van der Waals surface area contributed by atoms with Crippen LogP contribution in [-0.4, -0.2) is 34.2 Å². The molecule has 0 unspecified atom stereocenters. The molecule has 1 aliphatic rings. The lowest BCUT2D eigenvalue weighted by molar-refractivity contribution is 0.0709. The SMILES string of the molecule is CC[C@H](c1ccccc1)[C@H]1CCCN1C(=O)c1cc(C(C)=O)c[nH]1. The Bertz CT molecular complexity index is 720. The number of H-pyrrole nitrogens is 1. The molecule has 4 heteroatoms. The Morgan fingerprint density at radius 2 is 2.04 bits per heavy atom. The van der Waals surface area contributed by atoms with Crippen molar-refractivity contribution in [3.63, 3.8) is 0 Å². The summed E-state index contributed by atoms with van der Waals surface area (Å²) in [5.41, 5.74) is 2.36. The van der Waals surface area contributed by atoms with Crippen molar-refractivity contribution in [2.75, 3.05) is 6.54 Å². The summed E-state index contributed by atoms with van der Waals surface area (Å²) < 4.78 is 0. The number of amides is 1. The highest BCUT2D eigenvalue weighted by Gasteiger charge is 2.35. The van der Waals surface area contributed by atoms with E-state index in [1.807, 2.05) is 11.0 Å². The number of nitrogens with zero attached hydrogens (tertiary/aromatic N) is 1. The molecular weight excluding hydrogens is 300 g/mol. The molecule has 1 aromatic carbocycles. The number of aromatic nitrogens is 1. The van der Waals surface area contributed by atoms with Gasteiger partial charge in [0.2, 0.25) is 0 Å². The van der Waals surface area contributed by atoms with Crippen LogP contribution in [0.4, 0.5) is 0 Å². The van der Waals surface area contributed by atoms with E-state index in [0.717, 1.165) is 25.8 Å². The first-order valence-electron chi connectivity index (χ1n) is 8.67.